The maximum atomic E-state index is 13.0. The number of carbonyl (C=O) groups excluding carboxylic acids is 1. The highest BCUT2D eigenvalue weighted by Crippen LogP contribution is 2.30. The molecule has 0 aliphatic carbocycles. The second-order valence-electron chi connectivity index (χ2n) is 7.00. The van der Waals surface area contributed by atoms with Gasteiger partial charge in [0.15, 0.2) is 0 Å². The zero-order chi connectivity index (χ0) is 19.7. The Balaban J connectivity index is 1.68. The molecule has 2 N–H and O–H groups in total. The number of rotatable bonds is 5. The van der Waals surface area contributed by atoms with Gasteiger partial charge in [0, 0.05) is 28.0 Å². The number of aryl methyl sites for hydroxylation is 1. The minimum atomic E-state index is -0.126. The molecule has 0 saturated carbocycles. The van der Waals surface area contributed by atoms with Crippen molar-refractivity contribution in [2.24, 2.45) is 0 Å². The van der Waals surface area contributed by atoms with E-state index in [1.54, 1.807) is 23.5 Å². The van der Waals surface area contributed by atoms with E-state index >= 15 is 0 Å². The summed E-state index contributed by atoms with van der Waals surface area (Å²) in [7, 11) is 0. The summed E-state index contributed by atoms with van der Waals surface area (Å²) in [6.07, 6.45) is 0. The molecule has 0 radical (unpaired) electrons. The molecule has 5 heteroatoms. The van der Waals surface area contributed by atoms with Gasteiger partial charge in [0.05, 0.1) is 12.1 Å². The van der Waals surface area contributed by atoms with Crippen LogP contribution in [-0.4, -0.2) is 15.6 Å². The van der Waals surface area contributed by atoms with Crippen molar-refractivity contribution in [1.82, 2.24) is 9.88 Å². The Morgan fingerprint density at radius 3 is 2.61 bits per heavy atom. The van der Waals surface area contributed by atoms with Crippen molar-refractivity contribution in [1.29, 1.82) is 0 Å². The number of phenolic OH excluding ortho intramolecular Hbond substituents is 1. The van der Waals surface area contributed by atoms with Crippen LogP contribution in [0.1, 0.15) is 32.1 Å². The van der Waals surface area contributed by atoms with E-state index < -0.39 is 0 Å². The van der Waals surface area contributed by atoms with Gasteiger partial charge in [-0.2, -0.15) is 0 Å². The highest BCUT2D eigenvalue weighted by Gasteiger charge is 2.20. The third-order valence-electron chi connectivity index (χ3n) is 5.00. The molecule has 0 saturated heterocycles. The minimum Gasteiger partial charge on any atom is -0.508 e. The molecule has 0 spiro atoms. The summed E-state index contributed by atoms with van der Waals surface area (Å²) >= 11 is 1.69. The number of phenols is 1. The average molecular weight is 391 g/mol. The topological polar surface area (TPSA) is 54.3 Å². The number of benzene rings is 2. The van der Waals surface area contributed by atoms with Crippen LogP contribution >= 0.6 is 11.3 Å². The van der Waals surface area contributed by atoms with Crippen LogP contribution < -0.4 is 5.32 Å². The molecule has 0 unspecified atom stereocenters. The number of nitrogens with one attached hydrogen (secondary N) is 1. The van der Waals surface area contributed by atoms with Crippen LogP contribution in [0.3, 0.4) is 0 Å². The molecule has 4 aromatic rings. The number of hydrogen-bond acceptors (Lipinski definition) is 3. The van der Waals surface area contributed by atoms with Gasteiger partial charge in [0.1, 0.15) is 5.75 Å². The number of thiophene rings is 1. The maximum absolute atomic E-state index is 13.0. The molecule has 0 aliphatic rings. The number of aromatic hydroxyl groups is 1. The minimum absolute atomic E-state index is 0.126. The second-order valence-corrected chi connectivity index (χ2v) is 8.03. The summed E-state index contributed by atoms with van der Waals surface area (Å²) in [5.74, 6) is 0.0342. The van der Waals surface area contributed by atoms with Gasteiger partial charge in [-0.05, 0) is 49.1 Å². The molecular weight excluding hydrogens is 368 g/mol. The quantitative estimate of drug-likeness (QED) is 0.504. The highest BCUT2D eigenvalue weighted by atomic mass is 32.1. The van der Waals surface area contributed by atoms with Crippen LogP contribution in [0, 0.1) is 13.8 Å². The first kappa shape index (κ1) is 18.3. The maximum Gasteiger partial charge on any atom is 0.254 e. The standard InChI is InChI=1S/C23H22N2O2S/c1-15-5-7-17(8-6-15)13-24-23(27)22-16(2)25(14-19-4-3-11-28-19)21-10-9-18(26)12-20(21)22/h3-12,26H,13-14H2,1-2H3,(H,24,27). The molecule has 0 atom stereocenters. The highest BCUT2D eigenvalue weighted by molar-refractivity contribution is 7.09. The zero-order valence-electron chi connectivity index (χ0n) is 15.9. The van der Waals surface area contributed by atoms with Crippen LogP contribution in [0.2, 0.25) is 0 Å². The van der Waals surface area contributed by atoms with Crippen molar-refractivity contribution in [2.75, 3.05) is 0 Å². The van der Waals surface area contributed by atoms with Gasteiger partial charge < -0.3 is 15.0 Å². The van der Waals surface area contributed by atoms with Crippen molar-refractivity contribution in [3.05, 3.63) is 87.2 Å². The van der Waals surface area contributed by atoms with E-state index in [1.165, 1.54) is 10.4 Å². The Hall–Kier alpha value is -3.05. The third kappa shape index (κ3) is 3.53. The van der Waals surface area contributed by atoms with E-state index in [4.69, 9.17) is 0 Å². The lowest BCUT2D eigenvalue weighted by molar-refractivity contribution is 0.0951. The van der Waals surface area contributed by atoms with Gasteiger partial charge in [-0.25, -0.2) is 0 Å². The van der Waals surface area contributed by atoms with Gasteiger partial charge >= 0.3 is 0 Å². The fourth-order valence-electron chi connectivity index (χ4n) is 3.50. The Morgan fingerprint density at radius 2 is 1.89 bits per heavy atom. The van der Waals surface area contributed by atoms with Gasteiger partial charge in [-0.1, -0.05) is 35.9 Å². The first-order valence-corrected chi connectivity index (χ1v) is 10.1. The van der Waals surface area contributed by atoms with Gasteiger partial charge in [-0.3, -0.25) is 4.79 Å². The summed E-state index contributed by atoms with van der Waals surface area (Å²) in [6, 6.07) is 17.5. The van der Waals surface area contributed by atoms with Crippen LogP contribution in [0.15, 0.2) is 60.0 Å². The molecule has 0 fully saturated rings. The number of nitrogens with zero attached hydrogens (tertiary/aromatic N) is 1. The molecule has 142 valence electrons. The normalized spacial score (nSPS) is 11.1. The molecule has 0 bridgehead atoms. The van der Waals surface area contributed by atoms with Crippen molar-refractivity contribution in [3.8, 4) is 5.75 Å². The van der Waals surface area contributed by atoms with Crippen molar-refractivity contribution in [3.63, 3.8) is 0 Å². The van der Waals surface area contributed by atoms with E-state index in [0.717, 1.165) is 22.2 Å². The molecule has 1 amide bonds. The Morgan fingerprint density at radius 1 is 1.11 bits per heavy atom. The van der Waals surface area contributed by atoms with Crippen LogP contribution in [0.4, 0.5) is 0 Å². The monoisotopic (exact) mass is 390 g/mol. The predicted molar refractivity (Wildman–Crippen MR) is 114 cm³/mol. The average Bonchev–Trinajstić information content (AvgIpc) is 3.28. The third-order valence-corrected chi connectivity index (χ3v) is 5.86. The first-order valence-electron chi connectivity index (χ1n) is 9.21. The fraction of sp³-hybridized carbons (Fsp3) is 0.174. The Bertz CT molecular complexity index is 1130. The summed E-state index contributed by atoms with van der Waals surface area (Å²) in [6.45, 7) is 5.18. The molecule has 2 aromatic heterocycles. The van der Waals surface area contributed by atoms with E-state index in [-0.39, 0.29) is 11.7 Å². The molecular formula is C23H22N2O2S. The number of fused-ring (bicyclic) bond motifs is 1. The lowest BCUT2D eigenvalue weighted by Gasteiger charge is -2.08. The smallest absolute Gasteiger partial charge is 0.254 e. The summed E-state index contributed by atoms with van der Waals surface area (Å²) < 4.78 is 2.14. The summed E-state index contributed by atoms with van der Waals surface area (Å²) in [5.41, 5.74) is 4.72. The van der Waals surface area contributed by atoms with Gasteiger partial charge in [-0.15, -0.1) is 11.3 Å². The summed E-state index contributed by atoms with van der Waals surface area (Å²) in [4.78, 5) is 14.3. The van der Waals surface area contributed by atoms with Crippen LogP contribution in [0.25, 0.3) is 10.9 Å². The molecule has 4 nitrogen and oxygen atoms in total. The van der Waals surface area contributed by atoms with Crippen LogP contribution in [-0.2, 0) is 13.1 Å². The van der Waals surface area contributed by atoms with Gasteiger partial charge in [0.25, 0.3) is 5.91 Å². The molecule has 28 heavy (non-hydrogen) atoms. The summed E-state index contributed by atoms with van der Waals surface area (Å²) in [5, 5.41) is 15.8. The Kier molecular flexibility index (Phi) is 4.92. The molecule has 2 aromatic carbocycles. The van der Waals surface area contributed by atoms with E-state index in [9.17, 15) is 9.90 Å². The lowest BCUT2D eigenvalue weighted by atomic mass is 10.1. The first-order chi connectivity index (χ1) is 13.5. The van der Waals surface area contributed by atoms with Crippen molar-refractivity contribution < 1.29 is 9.90 Å². The van der Waals surface area contributed by atoms with E-state index in [1.807, 2.05) is 50.2 Å². The number of aromatic nitrogens is 1. The fourth-order valence-corrected chi connectivity index (χ4v) is 4.19. The van der Waals surface area contributed by atoms with Crippen molar-refractivity contribution >= 4 is 28.1 Å². The number of hydrogen-bond donors (Lipinski definition) is 2. The largest absolute Gasteiger partial charge is 0.508 e. The number of carbonyl (C=O) groups is 1. The zero-order valence-corrected chi connectivity index (χ0v) is 16.7. The molecule has 2 heterocycles. The van der Waals surface area contributed by atoms with Gasteiger partial charge in [0.2, 0.25) is 0 Å². The lowest BCUT2D eigenvalue weighted by Crippen LogP contribution is -2.23. The number of amides is 1. The second kappa shape index (κ2) is 7.52. The Labute approximate surface area is 168 Å². The van der Waals surface area contributed by atoms with E-state index in [0.29, 0.717) is 18.7 Å². The van der Waals surface area contributed by atoms with E-state index in [2.05, 4.69) is 21.3 Å². The predicted octanol–water partition coefficient (Wildman–Crippen LogP) is 5.00. The van der Waals surface area contributed by atoms with Crippen LogP contribution in [0.5, 0.6) is 5.75 Å². The SMILES string of the molecule is Cc1ccc(CNC(=O)c2c(C)n(Cc3cccs3)c3ccc(O)cc23)cc1. The molecule has 0 aliphatic heterocycles. The van der Waals surface area contributed by atoms with Crippen molar-refractivity contribution in [2.45, 2.75) is 26.9 Å². The molecule has 4 rings (SSSR count).